The van der Waals surface area contributed by atoms with Gasteiger partial charge in [0, 0.05) is 27.2 Å². The maximum atomic E-state index is 11.6. The highest BCUT2D eigenvalue weighted by Gasteiger charge is 2.19. The molecule has 0 fully saturated rings. The van der Waals surface area contributed by atoms with Crippen LogP contribution in [0.3, 0.4) is 0 Å². The molecule has 0 spiro atoms. The van der Waals surface area contributed by atoms with Crippen LogP contribution in [0.2, 0.25) is 0 Å². The molecule has 0 amide bonds. The Kier molecular flexibility index (Phi) is 6.84. The second kappa shape index (κ2) is 6.71. The molecule has 3 nitrogen and oxygen atoms in total. The fourth-order valence-corrected chi connectivity index (χ4v) is 2.18. The molecule has 0 bridgehead atoms. The summed E-state index contributed by atoms with van der Waals surface area (Å²) in [5.74, 6) is 0. The number of hydrogen-bond donors (Lipinski definition) is 0. The normalized spacial score (nSPS) is 12.0. The first-order valence-corrected chi connectivity index (χ1v) is 5.54. The maximum absolute atomic E-state index is 11.6. The van der Waals surface area contributed by atoms with Crippen molar-refractivity contribution in [2.45, 2.75) is 26.7 Å². The molecule has 0 aromatic rings. The van der Waals surface area contributed by atoms with E-state index >= 15 is 0 Å². The number of rotatable bonds is 6. The summed E-state index contributed by atoms with van der Waals surface area (Å²) in [6, 6.07) is 0. The molecule has 4 heteroatoms. The van der Waals surface area contributed by atoms with Crippen molar-refractivity contribution < 1.29 is 4.55 Å². The lowest BCUT2D eigenvalue weighted by Crippen LogP contribution is -2.40. The van der Waals surface area contributed by atoms with Crippen LogP contribution >= 0.6 is 0 Å². The summed E-state index contributed by atoms with van der Waals surface area (Å²) in [6.07, 6.45) is 2.09. The molecule has 0 atom stereocenters. The van der Waals surface area contributed by atoms with E-state index in [0.717, 1.165) is 25.9 Å². The lowest BCUT2D eigenvalue weighted by molar-refractivity contribution is 0.391. The van der Waals surface area contributed by atoms with E-state index in [0.29, 0.717) is 0 Å². The standard InChI is InChI=1S/C8H20N2OS/c1-5-7-9(3)12(11)10(4)8-6-2/h5-8H2,1-4H3. The first kappa shape index (κ1) is 12.2. The van der Waals surface area contributed by atoms with E-state index < -0.39 is 11.5 Å². The van der Waals surface area contributed by atoms with Gasteiger partial charge in [-0.25, -0.2) is 0 Å². The van der Waals surface area contributed by atoms with Gasteiger partial charge in [-0.1, -0.05) is 13.8 Å². The largest absolute Gasteiger partial charge is 0.578 e. The zero-order valence-electron chi connectivity index (χ0n) is 8.54. The summed E-state index contributed by atoms with van der Waals surface area (Å²) >= 11 is -0.943. The van der Waals surface area contributed by atoms with Crippen molar-refractivity contribution in [2.24, 2.45) is 0 Å². The summed E-state index contributed by atoms with van der Waals surface area (Å²) in [5, 5.41) is 0. The van der Waals surface area contributed by atoms with Gasteiger partial charge in [-0.3, -0.25) is 0 Å². The van der Waals surface area contributed by atoms with Crippen LogP contribution in [0.1, 0.15) is 26.7 Å². The van der Waals surface area contributed by atoms with E-state index in [1.807, 2.05) is 22.7 Å². The molecule has 0 radical (unpaired) electrons. The Morgan fingerprint density at radius 2 is 1.33 bits per heavy atom. The van der Waals surface area contributed by atoms with Crippen LogP contribution in [-0.4, -0.2) is 40.3 Å². The lowest BCUT2D eigenvalue weighted by atomic mass is 10.5. The fourth-order valence-electron chi connectivity index (χ4n) is 1.02. The van der Waals surface area contributed by atoms with Gasteiger partial charge in [0.15, 0.2) is 0 Å². The number of nitrogens with zero attached hydrogens (tertiary/aromatic N) is 2. The highest BCUT2D eigenvalue weighted by molar-refractivity contribution is 7.86. The molecule has 0 aliphatic heterocycles. The molecular weight excluding hydrogens is 172 g/mol. The quantitative estimate of drug-likeness (QED) is 0.593. The van der Waals surface area contributed by atoms with Crippen molar-refractivity contribution in [3.8, 4) is 0 Å². The molecule has 0 aromatic carbocycles. The fraction of sp³-hybridized carbons (Fsp3) is 1.00. The van der Waals surface area contributed by atoms with Crippen molar-refractivity contribution >= 4 is 11.5 Å². The Morgan fingerprint density at radius 3 is 1.58 bits per heavy atom. The first-order valence-electron chi connectivity index (χ1n) is 4.47. The maximum Gasteiger partial charge on any atom is 0.139 e. The van der Waals surface area contributed by atoms with Crippen LogP contribution < -0.4 is 0 Å². The third-order valence-corrected chi connectivity index (χ3v) is 3.04. The van der Waals surface area contributed by atoms with E-state index in [-0.39, 0.29) is 0 Å². The van der Waals surface area contributed by atoms with Gasteiger partial charge in [0.05, 0.1) is 0 Å². The summed E-state index contributed by atoms with van der Waals surface area (Å²) in [7, 11) is 3.79. The van der Waals surface area contributed by atoms with Crippen LogP contribution in [0, 0.1) is 0 Å². The van der Waals surface area contributed by atoms with E-state index in [4.69, 9.17) is 0 Å². The molecule has 0 unspecified atom stereocenters. The van der Waals surface area contributed by atoms with Crippen molar-refractivity contribution in [1.29, 1.82) is 0 Å². The van der Waals surface area contributed by atoms with Crippen LogP contribution in [0.25, 0.3) is 0 Å². The second-order valence-corrected chi connectivity index (χ2v) is 4.64. The van der Waals surface area contributed by atoms with Crippen molar-refractivity contribution in [3.05, 3.63) is 0 Å². The average Bonchev–Trinajstić information content (AvgIpc) is 2.04. The molecule has 0 aromatic heterocycles. The van der Waals surface area contributed by atoms with Gasteiger partial charge in [-0.05, 0) is 12.8 Å². The van der Waals surface area contributed by atoms with Gasteiger partial charge in [0.1, 0.15) is 11.5 Å². The van der Waals surface area contributed by atoms with E-state index in [1.54, 1.807) is 0 Å². The Balaban J connectivity index is 3.73. The highest BCUT2D eigenvalue weighted by Crippen LogP contribution is 2.04. The Labute approximate surface area is 79.2 Å². The molecule has 0 N–H and O–H groups in total. The van der Waals surface area contributed by atoms with Crippen LogP contribution in [0.5, 0.6) is 0 Å². The summed E-state index contributed by atoms with van der Waals surface area (Å²) in [6.45, 7) is 5.96. The zero-order valence-corrected chi connectivity index (χ0v) is 9.36. The molecule has 0 rings (SSSR count). The van der Waals surface area contributed by atoms with E-state index in [1.165, 1.54) is 0 Å². The first-order chi connectivity index (χ1) is 5.63. The van der Waals surface area contributed by atoms with Crippen LogP contribution in [0.15, 0.2) is 0 Å². The third kappa shape index (κ3) is 4.30. The highest BCUT2D eigenvalue weighted by atomic mass is 32.2. The Hall–Kier alpha value is 0.230. The molecule has 0 aliphatic carbocycles. The van der Waals surface area contributed by atoms with Gasteiger partial charge in [0.2, 0.25) is 0 Å². The molecule has 12 heavy (non-hydrogen) atoms. The van der Waals surface area contributed by atoms with Gasteiger partial charge in [-0.15, -0.1) is 8.61 Å². The molecule has 74 valence electrons. The van der Waals surface area contributed by atoms with Crippen molar-refractivity contribution in [2.75, 3.05) is 27.2 Å². The SMILES string of the molecule is CCCN(C)[S+]([O-])N(C)CCC. The average molecular weight is 192 g/mol. The van der Waals surface area contributed by atoms with E-state index in [2.05, 4.69) is 13.8 Å². The Bertz CT molecular complexity index is 101. The molecular formula is C8H20N2OS. The van der Waals surface area contributed by atoms with Gasteiger partial charge < -0.3 is 4.55 Å². The summed E-state index contributed by atoms with van der Waals surface area (Å²) < 4.78 is 15.3. The predicted molar refractivity (Wildman–Crippen MR) is 54.0 cm³/mol. The number of hydrogen-bond acceptors (Lipinski definition) is 3. The summed E-state index contributed by atoms with van der Waals surface area (Å²) in [4.78, 5) is 0. The molecule has 0 saturated heterocycles. The monoisotopic (exact) mass is 192 g/mol. The lowest BCUT2D eigenvalue weighted by Gasteiger charge is -2.25. The smallest absolute Gasteiger partial charge is 0.139 e. The predicted octanol–water partition coefficient (Wildman–Crippen LogP) is 1.25. The second-order valence-electron chi connectivity index (χ2n) is 2.93. The minimum absolute atomic E-state index is 0.890. The van der Waals surface area contributed by atoms with E-state index in [9.17, 15) is 4.55 Å². The van der Waals surface area contributed by atoms with Gasteiger partial charge >= 0.3 is 0 Å². The van der Waals surface area contributed by atoms with Crippen molar-refractivity contribution in [3.63, 3.8) is 0 Å². The van der Waals surface area contributed by atoms with Gasteiger partial charge in [-0.2, -0.15) is 0 Å². The molecule has 0 aliphatic rings. The zero-order chi connectivity index (χ0) is 9.56. The minimum atomic E-state index is -0.943. The molecule has 0 heterocycles. The van der Waals surface area contributed by atoms with Crippen LogP contribution in [0.4, 0.5) is 0 Å². The molecule has 0 saturated carbocycles. The summed E-state index contributed by atoms with van der Waals surface area (Å²) in [5.41, 5.74) is 0. The third-order valence-electron chi connectivity index (χ3n) is 1.61. The minimum Gasteiger partial charge on any atom is -0.578 e. The van der Waals surface area contributed by atoms with Crippen LogP contribution in [-0.2, 0) is 11.5 Å². The van der Waals surface area contributed by atoms with Gasteiger partial charge in [0.25, 0.3) is 0 Å². The topological polar surface area (TPSA) is 29.5 Å². The Morgan fingerprint density at radius 1 is 1.00 bits per heavy atom. The van der Waals surface area contributed by atoms with Crippen molar-refractivity contribution in [1.82, 2.24) is 8.61 Å².